The van der Waals surface area contributed by atoms with Crippen LogP contribution in [0.25, 0.3) is 45.5 Å². The number of fused-ring (bicyclic) bond motifs is 3. The average molecular weight is 658 g/mol. The summed E-state index contributed by atoms with van der Waals surface area (Å²) in [6.45, 7) is 6.90. The van der Waals surface area contributed by atoms with Gasteiger partial charge in [-0.25, -0.2) is 0 Å². The summed E-state index contributed by atoms with van der Waals surface area (Å²) >= 11 is 0. The number of hydrogen-bond acceptors (Lipinski definition) is 1. The summed E-state index contributed by atoms with van der Waals surface area (Å²) in [5, 5.41) is 0. The van der Waals surface area contributed by atoms with E-state index in [1.54, 1.807) is 0 Å². The molecular weight excluding hydrogens is 615 g/mol. The molecule has 0 saturated heterocycles. The molecule has 0 atom stereocenters. The second-order valence-electron chi connectivity index (χ2n) is 13.7. The van der Waals surface area contributed by atoms with E-state index < -0.39 is 0 Å². The minimum atomic E-state index is -0.0423. The monoisotopic (exact) mass is 657 g/mol. The van der Waals surface area contributed by atoms with Crippen molar-refractivity contribution in [3.8, 4) is 33.4 Å². The fourth-order valence-electron chi connectivity index (χ4n) is 8.12. The summed E-state index contributed by atoms with van der Waals surface area (Å²) in [5.41, 5.74) is 17.8. The Kier molecular flexibility index (Phi) is 8.72. The zero-order chi connectivity index (χ0) is 34.8. The number of benzene rings is 7. The molecule has 0 spiro atoms. The fourth-order valence-corrected chi connectivity index (χ4v) is 8.12. The van der Waals surface area contributed by atoms with Crippen LogP contribution in [0.5, 0.6) is 0 Å². The largest absolute Gasteiger partial charge is 0.310 e. The van der Waals surface area contributed by atoms with Gasteiger partial charge >= 0.3 is 0 Å². The van der Waals surface area contributed by atoms with Crippen molar-refractivity contribution in [2.24, 2.45) is 0 Å². The standard InChI is InChI=1S/C50H43N/c1-4-50(5-2)48-34-38(22-21-37-23-26-39(27-24-37)41-28-31-45(36(3)33-41)40-15-9-6-10-16-40)25-30-46(48)47-32-29-44(35-49(47)50)51(42-17-11-7-12-18-42)43-19-13-8-14-20-43/h6-35H,4-5H2,1-3H3/b22-21+. The molecule has 1 aliphatic rings. The minimum absolute atomic E-state index is 0.0423. The van der Waals surface area contributed by atoms with Crippen molar-refractivity contribution < 1.29 is 0 Å². The summed E-state index contributed by atoms with van der Waals surface area (Å²) in [6.07, 6.45) is 6.60. The van der Waals surface area contributed by atoms with Crippen LogP contribution < -0.4 is 4.90 Å². The Morgan fingerprint density at radius 2 is 0.941 bits per heavy atom. The Bertz CT molecular complexity index is 2270. The van der Waals surface area contributed by atoms with Crippen molar-refractivity contribution in [3.05, 3.63) is 198 Å². The van der Waals surface area contributed by atoms with Crippen LogP contribution >= 0.6 is 0 Å². The Morgan fingerprint density at radius 1 is 0.431 bits per heavy atom. The lowest BCUT2D eigenvalue weighted by Gasteiger charge is -2.32. The Morgan fingerprint density at radius 3 is 1.55 bits per heavy atom. The molecule has 0 unspecified atom stereocenters. The van der Waals surface area contributed by atoms with Crippen LogP contribution in [0.3, 0.4) is 0 Å². The van der Waals surface area contributed by atoms with Gasteiger partial charge in [-0.05, 0) is 117 Å². The van der Waals surface area contributed by atoms with E-state index in [0.717, 1.165) is 24.2 Å². The molecule has 1 heteroatoms. The number of nitrogens with zero attached hydrogens (tertiary/aromatic N) is 1. The van der Waals surface area contributed by atoms with Crippen molar-refractivity contribution in [2.75, 3.05) is 4.90 Å². The third kappa shape index (κ3) is 6.00. The van der Waals surface area contributed by atoms with Crippen LogP contribution in [0.4, 0.5) is 17.1 Å². The molecule has 0 radical (unpaired) electrons. The van der Waals surface area contributed by atoms with Gasteiger partial charge in [0.2, 0.25) is 0 Å². The quantitative estimate of drug-likeness (QED) is 0.140. The van der Waals surface area contributed by atoms with Gasteiger partial charge in [-0.3, -0.25) is 0 Å². The first-order chi connectivity index (χ1) is 25.1. The zero-order valence-corrected chi connectivity index (χ0v) is 29.7. The molecule has 0 aromatic heterocycles. The van der Waals surface area contributed by atoms with Crippen LogP contribution in [0.15, 0.2) is 170 Å². The van der Waals surface area contributed by atoms with E-state index in [4.69, 9.17) is 0 Å². The number of hydrogen-bond donors (Lipinski definition) is 0. The van der Waals surface area contributed by atoms with Crippen molar-refractivity contribution in [3.63, 3.8) is 0 Å². The van der Waals surface area contributed by atoms with Gasteiger partial charge in [-0.2, -0.15) is 0 Å². The van der Waals surface area contributed by atoms with Crippen LogP contribution in [-0.4, -0.2) is 0 Å². The molecule has 7 aromatic carbocycles. The Balaban J connectivity index is 1.08. The average Bonchev–Trinajstić information content (AvgIpc) is 3.47. The van der Waals surface area contributed by atoms with E-state index in [0.29, 0.717) is 0 Å². The SMILES string of the molecule is CCC1(CC)c2cc(/C=C/c3ccc(-c4ccc(-c5ccccc5)c(C)c4)cc3)ccc2-c2ccc(N(c3ccccc3)c3ccccc3)cc21. The molecule has 0 fully saturated rings. The van der Waals surface area contributed by atoms with Crippen LogP contribution in [0.2, 0.25) is 0 Å². The van der Waals surface area contributed by atoms with Crippen molar-refractivity contribution >= 4 is 29.2 Å². The highest BCUT2D eigenvalue weighted by atomic mass is 15.1. The predicted molar refractivity (Wildman–Crippen MR) is 219 cm³/mol. The van der Waals surface area contributed by atoms with Crippen molar-refractivity contribution in [1.82, 2.24) is 0 Å². The molecule has 0 amide bonds. The summed E-state index contributed by atoms with van der Waals surface area (Å²) in [6, 6.07) is 61.9. The lowest BCUT2D eigenvalue weighted by molar-refractivity contribution is 0.490. The molecule has 248 valence electrons. The maximum absolute atomic E-state index is 2.45. The van der Waals surface area contributed by atoms with E-state index in [1.165, 1.54) is 66.9 Å². The maximum Gasteiger partial charge on any atom is 0.0465 e. The summed E-state index contributed by atoms with van der Waals surface area (Å²) in [5.74, 6) is 0. The summed E-state index contributed by atoms with van der Waals surface area (Å²) in [4.78, 5) is 2.37. The Hall–Kier alpha value is -5.92. The van der Waals surface area contributed by atoms with E-state index in [1.807, 2.05) is 0 Å². The first-order valence-corrected chi connectivity index (χ1v) is 18.2. The van der Waals surface area contributed by atoms with Gasteiger partial charge in [-0.1, -0.05) is 159 Å². The first kappa shape index (κ1) is 32.3. The smallest absolute Gasteiger partial charge is 0.0465 e. The van der Waals surface area contributed by atoms with Gasteiger partial charge in [0.1, 0.15) is 0 Å². The molecule has 0 saturated carbocycles. The number of aryl methyl sites for hydroxylation is 1. The fraction of sp³-hybridized carbons (Fsp3) is 0.120. The highest BCUT2D eigenvalue weighted by Crippen LogP contribution is 2.54. The Labute approximate surface area is 303 Å². The van der Waals surface area contributed by atoms with Gasteiger partial charge < -0.3 is 4.90 Å². The lowest BCUT2D eigenvalue weighted by Crippen LogP contribution is -2.23. The molecule has 0 aliphatic heterocycles. The second kappa shape index (κ2) is 13.8. The number of rotatable bonds is 9. The van der Waals surface area contributed by atoms with Crippen molar-refractivity contribution in [1.29, 1.82) is 0 Å². The third-order valence-corrected chi connectivity index (χ3v) is 10.9. The molecule has 51 heavy (non-hydrogen) atoms. The lowest BCUT2D eigenvalue weighted by atomic mass is 9.73. The van der Waals surface area contributed by atoms with Gasteiger partial charge in [0.25, 0.3) is 0 Å². The highest BCUT2D eigenvalue weighted by Gasteiger charge is 2.41. The molecule has 7 aromatic rings. The normalized spacial score (nSPS) is 12.8. The van der Waals surface area contributed by atoms with Gasteiger partial charge in [0.05, 0.1) is 0 Å². The summed E-state index contributed by atoms with van der Waals surface area (Å²) < 4.78 is 0. The molecule has 0 N–H and O–H groups in total. The van der Waals surface area contributed by atoms with E-state index in [2.05, 4.69) is 208 Å². The van der Waals surface area contributed by atoms with Crippen LogP contribution in [-0.2, 0) is 5.41 Å². The molecule has 1 aliphatic carbocycles. The van der Waals surface area contributed by atoms with Crippen LogP contribution in [0, 0.1) is 6.92 Å². The minimum Gasteiger partial charge on any atom is -0.310 e. The topological polar surface area (TPSA) is 3.24 Å². The zero-order valence-electron chi connectivity index (χ0n) is 29.7. The third-order valence-electron chi connectivity index (χ3n) is 10.9. The molecule has 8 rings (SSSR count). The number of para-hydroxylation sites is 2. The first-order valence-electron chi connectivity index (χ1n) is 18.2. The molecule has 0 heterocycles. The number of anilines is 3. The summed E-state index contributed by atoms with van der Waals surface area (Å²) in [7, 11) is 0. The van der Waals surface area contributed by atoms with Gasteiger partial charge in [-0.15, -0.1) is 0 Å². The van der Waals surface area contributed by atoms with E-state index >= 15 is 0 Å². The van der Waals surface area contributed by atoms with Crippen LogP contribution in [0.1, 0.15) is 54.5 Å². The highest BCUT2D eigenvalue weighted by molar-refractivity contribution is 5.87. The second-order valence-corrected chi connectivity index (χ2v) is 13.7. The van der Waals surface area contributed by atoms with Gasteiger partial charge in [0.15, 0.2) is 0 Å². The van der Waals surface area contributed by atoms with E-state index in [-0.39, 0.29) is 5.41 Å². The van der Waals surface area contributed by atoms with Gasteiger partial charge in [0, 0.05) is 22.5 Å². The van der Waals surface area contributed by atoms with Crippen molar-refractivity contribution in [2.45, 2.75) is 39.0 Å². The van der Waals surface area contributed by atoms with E-state index in [9.17, 15) is 0 Å². The molecule has 0 bridgehead atoms. The molecular formula is C50H43N. The predicted octanol–water partition coefficient (Wildman–Crippen LogP) is 14.1. The molecule has 1 nitrogen and oxygen atoms in total. The maximum atomic E-state index is 2.45.